The zero-order chi connectivity index (χ0) is 10.8. The second-order valence-corrected chi connectivity index (χ2v) is 4.48. The summed E-state index contributed by atoms with van der Waals surface area (Å²) in [6.07, 6.45) is 0.353. The van der Waals surface area contributed by atoms with Crippen molar-refractivity contribution < 1.29 is 4.39 Å². The number of nitrogens with zero attached hydrogens (tertiary/aromatic N) is 1. The van der Waals surface area contributed by atoms with E-state index < -0.39 is 5.67 Å². The highest BCUT2D eigenvalue weighted by Gasteiger charge is 2.21. The van der Waals surface area contributed by atoms with Gasteiger partial charge in [-0.1, -0.05) is 28.1 Å². The van der Waals surface area contributed by atoms with Gasteiger partial charge in [-0.15, -0.1) is 0 Å². The summed E-state index contributed by atoms with van der Waals surface area (Å²) in [7, 11) is 0. The van der Waals surface area contributed by atoms with E-state index in [9.17, 15) is 4.39 Å². The highest BCUT2D eigenvalue weighted by molar-refractivity contribution is 9.10. The Bertz CT molecular complexity index is 374. The standard InChI is InChI=1S/C11H11BrFN/c1-11(2,13)9-4-3-8(5-6-14)7-10(9)12/h3-4,7H,5H2,1-2H3. The Morgan fingerprint density at radius 1 is 1.50 bits per heavy atom. The van der Waals surface area contributed by atoms with Crippen molar-refractivity contribution in [1.29, 1.82) is 5.26 Å². The maximum Gasteiger partial charge on any atom is 0.131 e. The average Bonchev–Trinajstić information content (AvgIpc) is 2.02. The van der Waals surface area contributed by atoms with Crippen LogP contribution in [0.3, 0.4) is 0 Å². The molecule has 74 valence electrons. The number of alkyl halides is 1. The van der Waals surface area contributed by atoms with Crippen molar-refractivity contribution in [1.82, 2.24) is 0 Å². The third kappa shape index (κ3) is 2.55. The molecule has 0 atom stereocenters. The van der Waals surface area contributed by atoms with Crippen LogP contribution in [0.1, 0.15) is 25.0 Å². The van der Waals surface area contributed by atoms with E-state index in [1.165, 1.54) is 13.8 Å². The monoisotopic (exact) mass is 255 g/mol. The minimum Gasteiger partial charge on any atom is -0.239 e. The first-order valence-corrected chi connectivity index (χ1v) is 5.09. The zero-order valence-corrected chi connectivity index (χ0v) is 9.73. The Morgan fingerprint density at radius 3 is 2.57 bits per heavy atom. The largest absolute Gasteiger partial charge is 0.239 e. The third-order valence-electron chi connectivity index (χ3n) is 1.96. The summed E-state index contributed by atoms with van der Waals surface area (Å²) < 4.78 is 14.3. The van der Waals surface area contributed by atoms with Crippen molar-refractivity contribution in [2.24, 2.45) is 0 Å². The van der Waals surface area contributed by atoms with Crippen LogP contribution in [0.5, 0.6) is 0 Å². The van der Waals surface area contributed by atoms with E-state index in [-0.39, 0.29) is 0 Å². The van der Waals surface area contributed by atoms with E-state index in [2.05, 4.69) is 22.0 Å². The summed E-state index contributed by atoms with van der Waals surface area (Å²) in [5.74, 6) is 0. The fraction of sp³-hybridized carbons (Fsp3) is 0.364. The number of nitriles is 1. The van der Waals surface area contributed by atoms with Gasteiger partial charge >= 0.3 is 0 Å². The molecule has 0 spiro atoms. The van der Waals surface area contributed by atoms with Crippen LogP contribution < -0.4 is 0 Å². The van der Waals surface area contributed by atoms with E-state index in [1.54, 1.807) is 18.2 Å². The molecule has 0 bridgehead atoms. The number of benzene rings is 1. The Balaban J connectivity index is 3.09. The van der Waals surface area contributed by atoms with Gasteiger partial charge in [-0.3, -0.25) is 0 Å². The van der Waals surface area contributed by atoms with Gasteiger partial charge in [0.25, 0.3) is 0 Å². The van der Waals surface area contributed by atoms with Gasteiger partial charge in [0.05, 0.1) is 12.5 Å². The molecule has 0 amide bonds. The van der Waals surface area contributed by atoms with Gasteiger partial charge in [0, 0.05) is 10.0 Å². The van der Waals surface area contributed by atoms with Crippen LogP contribution in [-0.4, -0.2) is 0 Å². The van der Waals surface area contributed by atoms with Gasteiger partial charge in [0.15, 0.2) is 0 Å². The van der Waals surface area contributed by atoms with E-state index >= 15 is 0 Å². The van der Waals surface area contributed by atoms with Crippen LogP contribution in [0, 0.1) is 11.3 Å². The van der Waals surface area contributed by atoms with E-state index in [4.69, 9.17) is 5.26 Å². The quantitative estimate of drug-likeness (QED) is 0.791. The Morgan fingerprint density at radius 2 is 2.14 bits per heavy atom. The van der Waals surface area contributed by atoms with Gasteiger partial charge in [-0.25, -0.2) is 4.39 Å². The third-order valence-corrected chi connectivity index (χ3v) is 2.61. The molecule has 0 radical (unpaired) electrons. The first-order chi connectivity index (χ1) is 6.45. The molecule has 1 aromatic carbocycles. The second-order valence-electron chi connectivity index (χ2n) is 3.62. The molecule has 0 aliphatic heterocycles. The molecular formula is C11H11BrFN. The minimum atomic E-state index is -1.36. The molecule has 14 heavy (non-hydrogen) atoms. The molecule has 0 fully saturated rings. The maximum absolute atomic E-state index is 13.6. The summed E-state index contributed by atoms with van der Waals surface area (Å²) in [5.41, 5.74) is 0.149. The number of hydrogen-bond acceptors (Lipinski definition) is 1. The van der Waals surface area contributed by atoms with Crippen LogP contribution in [0.2, 0.25) is 0 Å². The smallest absolute Gasteiger partial charge is 0.131 e. The Labute approximate surface area is 91.7 Å². The summed E-state index contributed by atoms with van der Waals surface area (Å²) in [4.78, 5) is 0. The van der Waals surface area contributed by atoms with E-state index in [0.717, 1.165) is 10.0 Å². The topological polar surface area (TPSA) is 23.8 Å². The molecule has 1 aromatic rings. The summed E-state index contributed by atoms with van der Waals surface area (Å²) in [6, 6.07) is 7.35. The van der Waals surface area contributed by atoms with Gasteiger partial charge < -0.3 is 0 Å². The van der Waals surface area contributed by atoms with E-state index in [0.29, 0.717) is 12.0 Å². The molecule has 1 nitrogen and oxygen atoms in total. The lowest BCUT2D eigenvalue weighted by molar-refractivity contribution is 0.220. The molecule has 3 heteroatoms. The summed E-state index contributed by atoms with van der Waals surface area (Å²) in [6.45, 7) is 3.02. The molecule has 0 saturated heterocycles. The molecule has 0 unspecified atom stereocenters. The molecule has 1 rings (SSSR count). The molecular weight excluding hydrogens is 245 g/mol. The minimum absolute atomic E-state index is 0.353. The predicted molar refractivity (Wildman–Crippen MR) is 57.6 cm³/mol. The lowest BCUT2D eigenvalue weighted by Gasteiger charge is -2.16. The summed E-state index contributed by atoms with van der Waals surface area (Å²) >= 11 is 3.30. The van der Waals surface area contributed by atoms with Crippen molar-refractivity contribution >= 4 is 15.9 Å². The second kappa shape index (κ2) is 4.10. The number of hydrogen-bond donors (Lipinski definition) is 0. The van der Waals surface area contributed by atoms with Crippen molar-refractivity contribution in [3.05, 3.63) is 33.8 Å². The SMILES string of the molecule is CC(C)(F)c1ccc(CC#N)cc1Br. The first kappa shape index (κ1) is 11.2. The molecule has 0 aliphatic carbocycles. The fourth-order valence-electron chi connectivity index (χ4n) is 1.24. The van der Waals surface area contributed by atoms with Crippen LogP contribution >= 0.6 is 15.9 Å². The van der Waals surface area contributed by atoms with Crippen LogP contribution in [-0.2, 0) is 12.1 Å². The van der Waals surface area contributed by atoms with Gasteiger partial charge in [-0.05, 0) is 25.5 Å². The van der Waals surface area contributed by atoms with Crippen molar-refractivity contribution in [3.63, 3.8) is 0 Å². The van der Waals surface area contributed by atoms with Gasteiger partial charge in [-0.2, -0.15) is 5.26 Å². The van der Waals surface area contributed by atoms with Crippen molar-refractivity contribution in [2.45, 2.75) is 25.9 Å². The van der Waals surface area contributed by atoms with Crippen LogP contribution in [0.15, 0.2) is 22.7 Å². The van der Waals surface area contributed by atoms with Gasteiger partial charge in [0.2, 0.25) is 0 Å². The van der Waals surface area contributed by atoms with Crippen LogP contribution in [0.25, 0.3) is 0 Å². The van der Waals surface area contributed by atoms with Crippen molar-refractivity contribution in [3.8, 4) is 6.07 Å². The highest BCUT2D eigenvalue weighted by atomic mass is 79.9. The Hall–Kier alpha value is -0.880. The Kier molecular flexibility index (Phi) is 3.28. The number of halogens is 2. The maximum atomic E-state index is 13.6. The first-order valence-electron chi connectivity index (χ1n) is 4.30. The number of rotatable bonds is 2. The fourth-order valence-corrected chi connectivity index (χ4v) is 2.14. The van der Waals surface area contributed by atoms with Crippen molar-refractivity contribution in [2.75, 3.05) is 0 Å². The lowest BCUT2D eigenvalue weighted by atomic mass is 9.98. The predicted octanol–water partition coefficient (Wildman–Crippen LogP) is 3.72. The molecule has 0 aliphatic rings. The molecule has 0 heterocycles. The van der Waals surface area contributed by atoms with Gasteiger partial charge in [0.1, 0.15) is 5.67 Å². The zero-order valence-electron chi connectivity index (χ0n) is 8.14. The summed E-state index contributed by atoms with van der Waals surface area (Å²) in [5, 5.41) is 8.50. The average molecular weight is 256 g/mol. The highest BCUT2D eigenvalue weighted by Crippen LogP contribution is 2.31. The molecule has 0 saturated carbocycles. The molecule has 0 N–H and O–H groups in total. The lowest BCUT2D eigenvalue weighted by Crippen LogP contribution is -2.09. The molecule has 0 aromatic heterocycles. The van der Waals surface area contributed by atoms with Crippen LogP contribution in [0.4, 0.5) is 4.39 Å². The van der Waals surface area contributed by atoms with E-state index in [1.807, 2.05) is 0 Å². The normalized spacial score (nSPS) is 11.1.